The molecule has 3 rings (SSSR count). The number of amides is 1. The number of thioether (sulfide) groups is 2. The predicted octanol–water partition coefficient (Wildman–Crippen LogP) is 5.37. The van der Waals surface area contributed by atoms with Crippen LogP contribution < -0.4 is 10.1 Å². The molecule has 0 fully saturated rings. The fraction of sp³-hybridized carbons (Fsp3) is 0.286. The SMILES string of the molecule is COc1ccc(SCCC(=O)Nc2nnc(-c3cccc(SC(C)C)c3)o2)cc1. The minimum atomic E-state index is -0.162. The van der Waals surface area contributed by atoms with E-state index in [0.717, 1.165) is 21.1 Å². The normalized spacial score (nSPS) is 10.9. The highest BCUT2D eigenvalue weighted by Gasteiger charge is 2.12. The van der Waals surface area contributed by atoms with Gasteiger partial charge < -0.3 is 9.15 Å². The highest BCUT2D eigenvalue weighted by molar-refractivity contribution is 8.00. The first-order chi connectivity index (χ1) is 14.0. The van der Waals surface area contributed by atoms with Gasteiger partial charge in [0.05, 0.1) is 7.11 Å². The van der Waals surface area contributed by atoms with Crippen LogP contribution in [0.4, 0.5) is 6.01 Å². The Balaban J connectivity index is 1.51. The molecule has 3 aromatic rings. The van der Waals surface area contributed by atoms with Crippen LogP contribution in [0.1, 0.15) is 20.3 Å². The number of rotatable bonds is 9. The molecule has 0 radical (unpaired) electrons. The van der Waals surface area contributed by atoms with E-state index in [4.69, 9.17) is 9.15 Å². The van der Waals surface area contributed by atoms with Crippen LogP contribution in [-0.4, -0.2) is 34.2 Å². The zero-order valence-corrected chi connectivity index (χ0v) is 18.2. The summed E-state index contributed by atoms with van der Waals surface area (Å²) in [5.41, 5.74) is 0.832. The molecule has 0 saturated carbocycles. The molecular formula is C21H23N3O3S2. The molecule has 1 N–H and O–H groups in total. The first kappa shape index (κ1) is 21.3. The van der Waals surface area contributed by atoms with Crippen molar-refractivity contribution in [1.29, 1.82) is 0 Å². The van der Waals surface area contributed by atoms with Gasteiger partial charge in [0.25, 0.3) is 0 Å². The molecule has 0 saturated heterocycles. The summed E-state index contributed by atoms with van der Waals surface area (Å²) >= 11 is 3.37. The van der Waals surface area contributed by atoms with Crippen molar-refractivity contribution in [2.45, 2.75) is 35.3 Å². The zero-order valence-electron chi connectivity index (χ0n) is 16.5. The first-order valence-electron chi connectivity index (χ1n) is 9.21. The van der Waals surface area contributed by atoms with E-state index in [2.05, 4.69) is 29.4 Å². The molecule has 0 atom stereocenters. The molecule has 8 heteroatoms. The van der Waals surface area contributed by atoms with Gasteiger partial charge in [0.15, 0.2) is 0 Å². The lowest BCUT2D eigenvalue weighted by Crippen LogP contribution is -2.12. The lowest BCUT2D eigenvalue weighted by molar-refractivity contribution is -0.115. The number of nitrogens with zero attached hydrogens (tertiary/aromatic N) is 2. The molecule has 0 spiro atoms. The van der Waals surface area contributed by atoms with Crippen LogP contribution in [0.15, 0.2) is 62.7 Å². The maximum atomic E-state index is 12.1. The van der Waals surface area contributed by atoms with E-state index >= 15 is 0 Å². The zero-order chi connectivity index (χ0) is 20.6. The van der Waals surface area contributed by atoms with Crippen LogP contribution in [0.5, 0.6) is 5.75 Å². The van der Waals surface area contributed by atoms with Gasteiger partial charge in [0.2, 0.25) is 11.8 Å². The van der Waals surface area contributed by atoms with E-state index < -0.39 is 0 Å². The van der Waals surface area contributed by atoms with Crippen molar-refractivity contribution >= 4 is 35.4 Å². The predicted molar refractivity (Wildman–Crippen MR) is 118 cm³/mol. The number of aromatic nitrogens is 2. The second-order valence-electron chi connectivity index (χ2n) is 6.43. The molecule has 0 aliphatic carbocycles. The van der Waals surface area contributed by atoms with Crippen molar-refractivity contribution in [2.24, 2.45) is 0 Å². The highest BCUT2D eigenvalue weighted by atomic mass is 32.2. The summed E-state index contributed by atoms with van der Waals surface area (Å²) in [7, 11) is 1.64. The third kappa shape index (κ3) is 6.54. The molecule has 0 aliphatic heterocycles. The van der Waals surface area contributed by atoms with Crippen molar-refractivity contribution in [2.75, 3.05) is 18.2 Å². The Bertz CT molecular complexity index is 942. The van der Waals surface area contributed by atoms with Crippen LogP contribution in [0.2, 0.25) is 0 Å². The minimum absolute atomic E-state index is 0.112. The Morgan fingerprint density at radius 2 is 1.93 bits per heavy atom. The molecular weight excluding hydrogens is 406 g/mol. The number of carbonyl (C=O) groups is 1. The minimum Gasteiger partial charge on any atom is -0.497 e. The summed E-state index contributed by atoms with van der Waals surface area (Å²) in [5.74, 6) is 1.69. The maximum Gasteiger partial charge on any atom is 0.322 e. The molecule has 0 aliphatic rings. The van der Waals surface area contributed by atoms with E-state index in [1.807, 2.05) is 48.5 Å². The summed E-state index contributed by atoms with van der Waals surface area (Å²) in [6.07, 6.45) is 0.342. The Morgan fingerprint density at radius 1 is 1.14 bits per heavy atom. The number of carbonyl (C=O) groups excluding carboxylic acids is 1. The molecule has 1 amide bonds. The average Bonchev–Trinajstić information content (AvgIpc) is 3.16. The van der Waals surface area contributed by atoms with E-state index in [9.17, 15) is 4.79 Å². The molecule has 6 nitrogen and oxygen atoms in total. The third-order valence-electron chi connectivity index (χ3n) is 3.78. The molecule has 0 bridgehead atoms. The van der Waals surface area contributed by atoms with E-state index in [1.54, 1.807) is 30.6 Å². The second kappa shape index (κ2) is 10.4. The van der Waals surface area contributed by atoms with Gasteiger partial charge in [-0.3, -0.25) is 10.1 Å². The van der Waals surface area contributed by atoms with Crippen LogP contribution in [0.25, 0.3) is 11.5 Å². The van der Waals surface area contributed by atoms with Gasteiger partial charge in [-0.15, -0.1) is 28.6 Å². The second-order valence-corrected chi connectivity index (χ2v) is 9.25. The fourth-order valence-electron chi connectivity index (χ4n) is 2.48. The molecule has 1 aromatic heterocycles. The summed E-state index contributed by atoms with van der Waals surface area (Å²) in [4.78, 5) is 14.4. The van der Waals surface area contributed by atoms with E-state index in [1.165, 1.54) is 0 Å². The van der Waals surface area contributed by atoms with Crippen LogP contribution in [0.3, 0.4) is 0 Å². The number of anilines is 1. The summed E-state index contributed by atoms with van der Waals surface area (Å²) in [6, 6.07) is 15.8. The highest BCUT2D eigenvalue weighted by Crippen LogP contribution is 2.28. The van der Waals surface area contributed by atoms with Gasteiger partial charge >= 0.3 is 6.01 Å². The largest absolute Gasteiger partial charge is 0.497 e. The van der Waals surface area contributed by atoms with E-state index in [-0.39, 0.29) is 11.9 Å². The van der Waals surface area contributed by atoms with Crippen LogP contribution >= 0.6 is 23.5 Å². The molecule has 29 heavy (non-hydrogen) atoms. The molecule has 2 aromatic carbocycles. The fourth-order valence-corrected chi connectivity index (χ4v) is 4.23. The summed E-state index contributed by atoms with van der Waals surface area (Å²) in [5, 5.41) is 11.1. The van der Waals surface area contributed by atoms with Gasteiger partial charge in [0, 0.05) is 32.8 Å². The number of methoxy groups -OCH3 is 1. The van der Waals surface area contributed by atoms with E-state index in [0.29, 0.717) is 23.3 Å². The smallest absolute Gasteiger partial charge is 0.322 e. The summed E-state index contributed by atoms with van der Waals surface area (Å²) < 4.78 is 10.7. The maximum absolute atomic E-state index is 12.1. The summed E-state index contributed by atoms with van der Waals surface area (Å²) in [6.45, 7) is 4.29. The van der Waals surface area contributed by atoms with Crippen molar-refractivity contribution < 1.29 is 13.9 Å². The number of nitrogens with one attached hydrogen (secondary N) is 1. The van der Waals surface area contributed by atoms with Gasteiger partial charge in [-0.25, -0.2) is 0 Å². The monoisotopic (exact) mass is 429 g/mol. The Hall–Kier alpha value is -2.45. The van der Waals surface area contributed by atoms with Crippen LogP contribution in [-0.2, 0) is 4.79 Å². The van der Waals surface area contributed by atoms with Crippen molar-refractivity contribution in [3.05, 3.63) is 48.5 Å². The van der Waals surface area contributed by atoms with Gasteiger partial charge in [-0.2, -0.15) is 0 Å². The number of hydrogen-bond acceptors (Lipinski definition) is 7. The Kier molecular flexibility index (Phi) is 7.60. The van der Waals surface area contributed by atoms with Gasteiger partial charge in [-0.1, -0.05) is 25.0 Å². The average molecular weight is 430 g/mol. The number of benzene rings is 2. The topological polar surface area (TPSA) is 77.2 Å². The van der Waals surface area contributed by atoms with Gasteiger partial charge in [-0.05, 0) is 42.5 Å². The first-order valence-corrected chi connectivity index (χ1v) is 11.1. The number of ether oxygens (including phenoxy) is 1. The quantitative estimate of drug-likeness (QED) is 0.458. The standard InChI is InChI=1S/C21H23N3O3S2/c1-14(2)29-18-6-4-5-15(13-18)20-23-24-21(27-20)22-19(25)11-12-28-17-9-7-16(26-3)8-10-17/h4-10,13-14H,11-12H2,1-3H3,(H,22,24,25). The molecule has 0 unspecified atom stereocenters. The molecule has 1 heterocycles. The van der Waals surface area contributed by atoms with Crippen LogP contribution in [0, 0.1) is 0 Å². The molecule has 152 valence electrons. The van der Waals surface area contributed by atoms with Crippen molar-refractivity contribution in [1.82, 2.24) is 10.2 Å². The third-order valence-corrected chi connectivity index (χ3v) is 5.79. The number of hydrogen-bond donors (Lipinski definition) is 1. The van der Waals surface area contributed by atoms with Crippen molar-refractivity contribution in [3.63, 3.8) is 0 Å². The Morgan fingerprint density at radius 3 is 2.66 bits per heavy atom. The van der Waals surface area contributed by atoms with Crippen molar-refractivity contribution in [3.8, 4) is 17.2 Å². The lowest BCUT2D eigenvalue weighted by Gasteiger charge is -2.05. The van der Waals surface area contributed by atoms with Gasteiger partial charge in [0.1, 0.15) is 5.75 Å². The lowest BCUT2D eigenvalue weighted by atomic mass is 10.2. The Labute approximate surface area is 178 Å².